The molecule has 0 spiro atoms. The molecule has 0 aromatic rings. The highest BCUT2D eigenvalue weighted by atomic mass is 16.5. The van der Waals surface area contributed by atoms with Crippen molar-refractivity contribution < 1.29 is 14.9 Å². The molecule has 1 aliphatic heterocycles. The number of allylic oxidation sites excluding steroid dienone is 3. The highest BCUT2D eigenvalue weighted by Crippen LogP contribution is 2.59. The molecule has 0 aromatic heterocycles. The number of nitrogens with zero attached hydrogens (tertiary/aromatic N) is 1. The molecule has 0 bridgehead atoms. The number of hydrogen-bond acceptors (Lipinski definition) is 4. The number of hydrogen-bond donors (Lipinski definition) is 2. The van der Waals surface area contributed by atoms with E-state index in [4.69, 9.17) is 4.74 Å². The summed E-state index contributed by atoms with van der Waals surface area (Å²) in [5.74, 6) is 2.26. The molecule has 4 rings (SSSR count). The van der Waals surface area contributed by atoms with Crippen molar-refractivity contribution in [3.05, 3.63) is 23.3 Å². The summed E-state index contributed by atoms with van der Waals surface area (Å²) in [6.45, 7) is 10.2. The van der Waals surface area contributed by atoms with Crippen molar-refractivity contribution in [1.29, 1.82) is 0 Å². The van der Waals surface area contributed by atoms with Crippen molar-refractivity contribution in [3.63, 3.8) is 0 Å². The third-order valence-corrected chi connectivity index (χ3v) is 8.45. The normalized spacial score (nSPS) is 41.4. The first-order valence-corrected chi connectivity index (χ1v) is 12.0. The second-order valence-corrected chi connectivity index (χ2v) is 10.5. The van der Waals surface area contributed by atoms with E-state index in [1.807, 2.05) is 0 Å². The quantitative estimate of drug-likeness (QED) is 0.747. The van der Waals surface area contributed by atoms with Gasteiger partial charge in [0.25, 0.3) is 0 Å². The highest BCUT2D eigenvalue weighted by molar-refractivity contribution is 5.26. The minimum absolute atomic E-state index is 0.378. The average molecular weight is 404 g/mol. The standard InChI is InChI=1S/C25H41NO3/c1-18(17-26-10-12-29-13-11-26)23-7-8-24-20(4-3-9-25(23,24)2)6-5-19-14-21(27)16-22(28)15-19/h5-6,18,21-24,27-28H,3-4,7-17H2,1-2H3/t18?,21-,22-,23-,24+,25-/m1/s1. The molecule has 29 heavy (non-hydrogen) atoms. The molecule has 3 aliphatic carbocycles. The molecule has 4 fully saturated rings. The molecule has 1 saturated heterocycles. The van der Waals surface area contributed by atoms with Gasteiger partial charge in [-0.1, -0.05) is 37.1 Å². The van der Waals surface area contributed by atoms with Gasteiger partial charge in [0.1, 0.15) is 0 Å². The second-order valence-electron chi connectivity index (χ2n) is 10.5. The van der Waals surface area contributed by atoms with E-state index in [0.29, 0.717) is 17.8 Å². The van der Waals surface area contributed by atoms with Gasteiger partial charge in [0, 0.05) is 19.6 Å². The second kappa shape index (κ2) is 9.21. The van der Waals surface area contributed by atoms with Crippen LogP contribution in [0.2, 0.25) is 0 Å². The van der Waals surface area contributed by atoms with Crippen LogP contribution >= 0.6 is 0 Å². The monoisotopic (exact) mass is 403 g/mol. The molecule has 164 valence electrons. The van der Waals surface area contributed by atoms with E-state index in [9.17, 15) is 10.2 Å². The van der Waals surface area contributed by atoms with Crippen molar-refractivity contribution in [2.75, 3.05) is 32.8 Å². The van der Waals surface area contributed by atoms with Gasteiger partial charge in [-0.3, -0.25) is 4.90 Å². The van der Waals surface area contributed by atoms with Crippen LogP contribution in [-0.2, 0) is 4.74 Å². The zero-order chi connectivity index (χ0) is 20.4. The largest absolute Gasteiger partial charge is 0.393 e. The third-order valence-electron chi connectivity index (χ3n) is 8.45. The van der Waals surface area contributed by atoms with Gasteiger partial charge < -0.3 is 14.9 Å². The van der Waals surface area contributed by atoms with Crippen LogP contribution < -0.4 is 0 Å². The van der Waals surface area contributed by atoms with Gasteiger partial charge in [-0.05, 0) is 74.5 Å². The summed E-state index contributed by atoms with van der Waals surface area (Å²) in [5.41, 5.74) is 3.27. The summed E-state index contributed by atoms with van der Waals surface area (Å²) in [6, 6.07) is 0. The number of fused-ring (bicyclic) bond motifs is 1. The van der Waals surface area contributed by atoms with Gasteiger partial charge >= 0.3 is 0 Å². The van der Waals surface area contributed by atoms with Gasteiger partial charge in [-0.25, -0.2) is 0 Å². The predicted octanol–water partition coefficient (Wildman–Crippen LogP) is 3.93. The van der Waals surface area contributed by atoms with E-state index in [1.54, 1.807) is 5.57 Å². The summed E-state index contributed by atoms with van der Waals surface area (Å²) in [7, 11) is 0. The fourth-order valence-corrected chi connectivity index (χ4v) is 7.06. The van der Waals surface area contributed by atoms with E-state index >= 15 is 0 Å². The van der Waals surface area contributed by atoms with Gasteiger partial charge in [0.15, 0.2) is 0 Å². The van der Waals surface area contributed by atoms with Crippen molar-refractivity contribution in [2.45, 2.75) is 77.4 Å². The van der Waals surface area contributed by atoms with E-state index in [0.717, 1.165) is 51.0 Å². The van der Waals surface area contributed by atoms with Gasteiger partial charge in [0.2, 0.25) is 0 Å². The average Bonchev–Trinajstić information content (AvgIpc) is 3.04. The fraction of sp³-hybridized carbons (Fsp3) is 0.840. The lowest BCUT2D eigenvalue weighted by molar-refractivity contribution is 0.0155. The minimum Gasteiger partial charge on any atom is -0.393 e. The molecular weight excluding hydrogens is 362 g/mol. The molecule has 4 heteroatoms. The molecular formula is C25H41NO3. The zero-order valence-electron chi connectivity index (χ0n) is 18.5. The molecule has 6 atom stereocenters. The lowest BCUT2D eigenvalue weighted by Gasteiger charge is -2.45. The van der Waals surface area contributed by atoms with Crippen molar-refractivity contribution >= 4 is 0 Å². The zero-order valence-corrected chi connectivity index (χ0v) is 18.5. The van der Waals surface area contributed by atoms with Gasteiger partial charge in [0.05, 0.1) is 25.4 Å². The third kappa shape index (κ3) is 4.81. The number of morpholine rings is 1. The van der Waals surface area contributed by atoms with E-state index in [2.05, 4.69) is 30.9 Å². The number of ether oxygens (including phenoxy) is 1. The summed E-state index contributed by atoms with van der Waals surface area (Å²) in [5, 5.41) is 20.0. The topological polar surface area (TPSA) is 52.9 Å². The SMILES string of the molecule is CC(CN1CCOCC1)[C@H]1CC[C@H]2C(=CC=C3C[C@@H](O)C[C@H](O)C3)CCC[C@]12C. The summed E-state index contributed by atoms with van der Waals surface area (Å²) < 4.78 is 5.53. The first-order valence-electron chi connectivity index (χ1n) is 12.0. The summed E-state index contributed by atoms with van der Waals surface area (Å²) in [6.07, 6.45) is 12.4. The fourth-order valence-electron chi connectivity index (χ4n) is 7.06. The lowest BCUT2D eigenvalue weighted by atomic mass is 9.61. The van der Waals surface area contributed by atoms with Crippen LogP contribution in [0, 0.1) is 23.2 Å². The maximum atomic E-state index is 9.98. The first-order chi connectivity index (χ1) is 14.0. The molecule has 0 radical (unpaired) electrons. The Morgan fingerprint density at radius 1 is 1.14 bits per heavy atom. The molecule has 0 amide bonds. The minimum atomic E-state index is -0.378. The van der Waals surface area contributed by atoms with E-state index in [1.165, 1.54) is 44.2 Å². The van der Waals surface area contributed by atoms with E-state index < -0.39 is 0 Å². The number of aliphatic hydroxyl groups excluding tert-OH is 2. The molecule has 2 N–H and O–H groups in total. The molecule has 1 unspecified atom stereocenters. The van der Waals surface area contributed by atoms with Crippen molar-refractivity contribution in [1.82, 2.24) is 4.90 Å². The van der Waals surface area contributed by atoms with Crippen LogP contribution in [0.5, 0.6) is 0 Å². The Morgan fingerprint density at radius 2 is 1.86 bits per heavy atom. The van der Waals surface area contributed by atoms with Crippen LogP contribution in [0.25, 0.3) is 0 Å². The van der Waals surface area contributed by atoms with Crippen LogP contribution in [0.4, 0.5) is 0 Å². The Hall–Kier alpha value is -0.680. The van der Waals surface area contributed by atoms with Crippen LogP contribution in [-0.4, -0.2) is 60.2 Å². The van der Waals surface area contributed by atoms with Gasteiger partial charge in [-0.2, -0.15) is 0 Å². The maximum Gasteiger partial charge on any atom is 0.0602 e. The molecule has 1 heterocycles. The Kier molecular flexibility index (Phi) is 6.85. The first kappa shape index (κ1) is 21.5. The Labute approximate surface area is 177 Å². The molecule has 0 aromatic carbocycles. The summed E-state index contributed by atoms with van der Waals surface area (Å²) >= 11 is 0. The smallest absolute Gasteiger partial charge is 0.0602 e. The Bertz CT molecular complexity index is 612. The molecule has 3 saturated carbocycles. The predicted molar refractivity (Wildman–Crippen MR) is 117 cm³/mol. The lowest BCUT2D eigenvalue weighted by Crippen LogP contribution is -2.43. The van der Waals surface area contributed by atoms with Crippen LogP contribution in [0.3, 0.4) is 0 Å². The number of rotatable bonds is 4. The van der Waals surface area contributed by atoms with E-state index in [-0.39, 0.29) is 12.2 Å². The van der Waals surface area contributed by atoms with Gasteiger partial charge in [-0.15, -0.1) is 0 Å². The van der Waals surface area contributed by atoms with Crippen LogP contribution in [0.15, 0.2) is 23.3 Å². The summed E-state index contributed by atoms with van der Waals surface area (Å²) in [4.78, 5) is 2.61. The van der Waals surface area contributed by atoms with Crippen LogP contribution in [0.1, 0.15) is 65.2 Å². The Balaban J connectivity index is 1.44. The Morgan fingerprint density at radius 3 is 2.59 bits per heavy atom. The molecule has 4 nitrogen and oxygen atoms in total. The highest BCUT2D eigenvalue weighted by Gasteiger charge is 2.50. The maximum absolute atomic E-state index is 9.98. The van der Waals surface area contributed by atoms with Crippen molar-refractivity contribution in [3.8, 4) is 0 Å². The number of aliphatic hydroxyl groups is 2. The molecule has 4 aliphatic rings. The van der Waals surface area contributed by atoms with Crippen molar-refractivity contribution in [2.24, 2.45) is 23.2 Å².